The van der Waals surface area contributed by atoms with Gasteiger partial charge in [-0.05, 0) is 93.7 Å². The molecule has 0 radical (unpaired) electrons. The normalized spacial score (nSPS) is 16.6. The van der Waals surface area contributed by atoms with Gasteiger partial charge in [0.2, 0.25) is 0 Å². The second-order valence-electron chi connectivity index (χ2n) is 9.95. The minimum absolute atomic E-state index is 0.0690. The predicted molar refractivity (Wildman–Crippen MR) is 145 cm³/mol. The number of allylic oxidation sites excluding steroid dienone is 1. The highest BCUT2D eigenvalue weighted by Gasteiger charge is 2.19. The molecule has 1 aliphatic carbocycles. The zero-order chi connectivity index (χ0) is 24.9. The molecule has 1 saturated carbocycles. The third-order valence-corrected chi connectivity index (χ3v) is 7.60. The SMILES string of the molecule is C=C1CCCN1CCCCc1cc2ncnc(Nc3ccc(F)c(Cl)c3)c2cc1OC1CCCCC1. The molecular weight excluding hydrogens is 475 g/mol. The van der Waals surface area contributed by atoms with E-state index in [9.17, 15) is 4.39 Å². The molecule has 1 aliphatic heterocycles. The minimum Gasteiger partial charge on any atom is -0.490 e. The molecule has 2 heterocycles. The van der Waals surface area contributed by atoms with Crippen molar-refractivity contribution in [3.8, 4) is 5.75 Å². The van der Waals surface area contributed by atoms with Gasteiger partial charge in [0.05, 0.1) is 16.6 Å². The standard InChI is InChI=1S/C29H34ClFN4O/c1-20-8-7-15-35(20)14-6-5-9-21-16-27-24(18-28(21)36-23-10-3-2-4-11-23)29(33-19-32-27)34-22-12-13-26(31)25(30)17-22/h12-13,16-19,23H,1-11,14-15H2,(H,32,33,34). The Bertz CT molecular complexity index is 1230. The van der Waals surface area contributed by atoms with Crippen LogP contribution in [0.1, 0.15) is 63.4 Å². The van der Waals surface area contributed by atoms with Gasteiger partial charge < -0.3 is 15.0 Å². The average molecular weight is 509 g/mol. The number of fused-ring (bicyclic) bond motifs is 1. The maximum Gasteiger partial charge on any atom is 0.141 e. The van der Waals surface area contributed by atoms with Crippen molar-refractivity contribution >= 4 is 34.0 Å². The van der Waals surface area contributed by atoms with Gasteiger partial charge in [0.15, 0.2) is 0 Å². The summed E-state index contributed by atoms with van der Waals surface area (Å²) < 4.78 is 20.2. The van der Waals surface area contributed by atoms with Crippen LogP contribution in [0.15, 0.2) is 48.9 Å². The Morgan fingerprint density at radius 3 is 2.72 bits per heavy atom. The first kappa shape index (κ1) is 24.8. The van der Waals surface area contributed by atoms with Crippen LogP contribution in [0, 0.1) is 5.82 Å². The van der Waals surface area contributed by atoms with E-state index in [1.54, 1.807) is 18.5 Å². The first-order valence-electron chi connectivity index (χ1n) is 13.2. The number of nitrogens with one attached hydrogen (secondary N) is 1. The number of ether oxygens (including phenoxy) is 1. The number of anilines is 2. The summed E-state index contributed by atoms with van der Waals surface area (Å²) in [6.07, 6.45) is 13.2. The molecule has 0 amide bonds. The van der Waals surface area contributed by atoms with Crippen LogP contribution in [-0.2, 0) is 6.42 Å². The van der Waals surface area contributed by atoms with Crippen molar-refractivity contribution in [2.75, 3.05) is 18.4 Å². The number of rotatable bonds is 9. The van der Waals surface area contributed by atoms with Crippen LogP contribution in [-0.4, -0.2) is 34.1 Å². The summed E-state index contributed by atoms with van der Waals surface area (Å²) in [5, 5.41) is 4.23. The lowest BCUT2D eigenvalue weighted by Crippen LogP contribution is -2.20. The van der Waals surface area contributed by atoms with Crippen LogP contribution < -0.4 is 10.1 Å². The fourth-order valence-electron chi connectivity index (χ4n) is 5.28. The van der Waals surface area contributed by atoms with Crippen LogP contribution in [0.3, 0.4) is 0 Å². The average Bonchev–Trinajstić information content (AvgIpc) is 3.29. The maximum absolute atomic E-state index is 13.6. The van der Waals surface area contributed by atoms with Gasteiger partial charge in [-0.3, -0.25) is 0 Å². The van der Waals surface area contributed by atoms with Gasteiger partial charge in [0, 0.05) is 29.9 Å². The Labute approximate surface area is 217 Å². The molecule has 2 aliphatic rings. The Hall–Kier alpha value is -2.86. The molecule has 5 rings (SSSR count). The van der Waals surface area contributed by atoms with E-state index in [4.69, 9.17) is 16.3 Å². The van der Waals surface area contributed by atoms with Gasteiger partial charge in [-0.15, -0.1) is 0 Å². The number of unbranched alkanes of at least 4 members (excludes halogenated alkanes) is 1. The van der Waals surface area contributed by atoms with Gasteiger partial charge >= 0.3 is 0 Å². The van der Waals surface area contributed by atoms with E-state index in [1.165, 1.54) is 43.0 Å². The molecule has 7 heteroatoms. The summed E-state index contributed by atoms with van der Waals surface area (Å²) in [4.78, 5) is 11.4. The molecule has 190 valence electrons. The Balaban J connectivity index is 1.38. The summed E-state index contributed by atoms with van der Waals surface area (Å²) in [7, 11) is 0. The topological polar surface area (TPSA) is 50.3 Å². The first-order valence-corrected chi connectivity index (χ1v) is 13.5. The predicted octanol–water partition coefficient (Wildman–Crippen LogP) is 7.81. The van der Waals surface area contributed by atoms with Crippen molar-refractivity contribution in [2.24, 2.45) is 0 Å². The smallest absolute Gasteiger partial charge is 0.141 e. The fraction of sp³-hybridized carbons (Fsp3) is 0.448. The van der Waals surface area contributed by atoms with Crippen LogP contribution in [0.25, 0.3) is 10.9 Å². The van der Waals surface area contributed by atoms with E-state index in [-0.39, 0.29) is 11.1 Å². The van der Waals surface area contributed by atoms with Crippen molar-refractivity contribution < 1.29 is 9.13 Å². The molecule has 0 atom stereocenters. The van der Waals surface area contributed by atoms with Crippen LogP contribution in [0.5, 0.6) is 5.75 Å². The van der Waals surface area contributed by atoms with Gasteiger partial charge in [0.1, 0.15) is 23.7 Å². The van der Waals surface area contributed by atoms with Crippen molar-refractivity contribution in [2.45, 2.75) is 70.3 Å². The fourth-order valence-corrected chi connectivity index (χ4v) is 5.46. The number of hydrogen-bond donors (Lipinski definition) is 1. The Morgan fingerprint density at radius 2 is 1.94 bits per heavy atom. The summed E-state index contributed by atoms with van der Waals surface area (Å²) in [6.45, 7) is 6.40. The van der Waals surface area contributed by atoms with Crippen molar-refractivity contribution in [1.82, 2.24) is 14.9 Å². The van der Waals surface area contributed by atoms with Crippen molar-refractivity contribution in [3.05, 3.63) is 65.3 Å². The van der Waals surface area contributed by atoms with Crippen molar-refractivity contribution in [3.63, 3.8) is 0 Å². The monoisotopic (exact) mass is 508 g/mol. The lowest BCUT2D eigenvalue weighted by molar-refractivity contribution is 0.153. The molecule has 1 N–H and O–H groups in total. The number of aryl methyl sites for hydroxylation is 1. The van der Waals surface area contributed by atoms with E-state index in [0.29, 0.717) is 11.5 Å². The molecule has 3 aromatic rings. The molecule has 1 saturated heterocycles. The molecule has 0 unspecified atom stereocenters. The number of halogens is 2. The Kier molecular flexibility index (Phi) is 7.90. The van der Waals surface area contributed by atoms with Crippen LogP contribution in [0.4, 0.5) is 15.9 Å². The molecule has 5 nitrogen and oxygen atoms in total. The highest BCUT2D eigenvalue weighted by Crippen LogP contribution is 2.34. The van der Waals surface area contributed by atoms with Crippen LogP contribution >= 0.6 is 11.6 Å². The van der Waals surface area contributed by atoms with E-state index >= 15 is 0 Å². The highest BCUT2D eigenvalue weighted by atomic mass is 35.5. The minimum atomic E-state index is -0.448. The maximum atomic E-state index is 13.6. The zero-order valence-electron chi connectivity index (χ0n) is 20.7. The van der Waals surface area contributed by atoms with E-state index in [2.05, 4.69) is 38.9 Å². The van der Waals surface area contributed by atoms with Crippen molar-refractivity contribution in [1.29, 1.82) is 0 Å². The molecule has 0 bridgehead atoms. The molecule has 2 aromatic carbocycles. The van der Waals surface area contributed by atoms with Gasteiger partial charge in [-0.25, -0.2) is 14.4 Å². The molecule has 36 heavy (non-hydrogen) atoms. The summed E-state index contributed by atoms with van der Waals surface area (Å²) in [5.41, 5.74) is 4.01. The van der Waals surface area contributed by atoms with Gasteiger partial charge in [-0.2, -0.15) is 0 Å². The Morgan fingerprint density at radius 1 is 1.08 bits per heavy atom. The third-order valence-electron chi connectivity index (χ3n) is 7.31. The number of benzene rings is 2. The first-order chi connectivity index (χ1) is 17.6. The molecular formula is C29H34ClFN4O. The number of nitrogens with zero attached hydrogens (tertiary/aromatic N) is 3. The second-order valence-corrected chi connectivity index (χ2v) is 10.4. The molecule has 1 aromatic heterocycles. The lowest BCUT2D eigenvalue weighted by atomic mass is 9.97. The lowest BCUT2D eigenvalue weighted by Gasteiger charge is -2.25. The van der Waals surface area contributed by atoms with E-state index in [1.807, 2.05) is 0 Å². The van der Waals surface area contributed by atoms with Crippen LogP contribution in [0.2, 0.25) is 5.02 Å². The molecule has 2 fully saturated rings. The second kappa shape index (κ2) is 11.5. The van der Waals surface area contributed by atoms with E-state index < -0.39 is 5.82 Å². The highest BCUT2D eigenvalue weighted by molar-refractivity contribution is 6.31. The van der Waals surface area contributed by atoms with E-state index in [0.717, 1.165) is 68.3 Å². The zero-order valence-corrected chi connectivity index (χ0v) is 21.5. The summed E-state index contributed by atoms with van der Waals surface area (Å²) in [6, 6.07) is 8.79. The number of hydrogen-bond acceptors (Lipinski definition) is 5. The number of likely N-dealkylation sites (tertiary alicyclic amines) is 1. The molecule has 0 spiro atoms. The quantitative estimate of drug-likeness (QED) is 0.299. The largest absolute Gasteiger partial charge is 0.490 e. The van der Waals surface area contributed by atoms with Gasteiger partial charge in [-0.1, -0.05) is 24.6 Å². The summed E-state index contributed by atoms with van der Waals surface area (Å²) >= 11 is 5.99. The number of aromatic nitrogens is 2. The third kappa shape index (κ3) is 5.92. The summed E-state index contributed by atoms with van der Waals surface area (Å²) in [5.74, 6) is 1.13. The van der Waals surface area contributed by atoms with Gasteiger partial charge in [0.25, 0.3) is 0 Å².